The molecule has 1 unspecified atom stereocenters. The van der Waals surface area contributed by atoms with Gasteiger partial charge in [-0.3, -0.25) is 0 Å². The predicted molar refractivity (Wildman–Crippen MR) is 80.6 cm³/mol. The van der Waals surface area contributed by atoms with E-state index in [1.807, 2.05) is 0 Å². The molecule has 1 atom stereocenters. The van der Waals surface area contributed by atoms with Crippen LogP contribution in [0.15, 0.2) is 0 Å². The standard InChI is InChI=1S/C12H30O3P2/c1-4-7-10-13-17(15-16,12-9-6-3)14-11-8-5-2/h17H,4-12,16H2,1-3H3. The van der Waals surface area contributed by atoms with Gasteiger partial charge in [0, 0.05) is 0 Å². The van der Waals surface area contributed by atoms with Crippen LogP contribution in [0.3, 0.4) is 0 Å². The summed E-state index contributed by atoms with van der Waals surface area (Å²) in [6, 6.07) is 0. The molecule has 0 fully saturated rings. The zero-order valence-electron chi connectivity index (χ0n) is 11.7. The van der Waals surface area contributed by atoms with E-state index in [2.05, 4.69) is 30.2 Å². The molecule has 17 heavy (non-hydrogen) atoms. The summed E-state index contributed by atoms with van der Waals surface area (Å²) in [4.78, 5) is 0. The third-order valence-corrected chi connectivity index (χ3v) is 6.35. The first-order valence-corrected chi connectivity index (χ1v) is 9.30. The minimum absolute atomic E-state index is 0.757. The summed E-state index contributed by atoms with van der Waals surface area (Å²) in [7, 11) is -0.0513. The average Bonchev–Trinajstić information content (AvgIpc) is 2.36. The molecule has 0 N–H and O–H groups in total. The third kappa shape index (κ3) is 8.46. The Morgan fingerprint density at radius 1 is 0.824 bits per heavy atom. The molecule has 0 aliphatic carbocycles. The first-order valence-electron chi connectivity index (χ1n) is 6.90. The van der Waals surface area contributed by atoms with Crippen LogP contribution in [-0.4, -0.2) is 19.4 Å². The van der Waals surface area contributed by atoms with Crippen LogP contribution in [0.4, 0.5) is 0 Å². The fourth-order valence-electron chi connectivity index (χ4n) is 1.45. The molecule has 0 aromatic heterocycles. The molecule has 0 aliphatic heterocycles. The number of unbranched alkanes of at least 4 members (excludes halogenated alkanes) is 3. The number of rotatable bonds is 12. The summed E-state index contributed by atoms with van der Waals surface area (Å²) < 4.78 is 17.4. The van der Waals surface area contributed by atoms with Gasteiger partial charge in [0.25, 0.3) is 0 Å². The Kier molecular flexibility index (Phi) is 12.3. The molecule has 0 saturated heterocycles. The van der Waals surface area contributed by atoms with Crippen LogP contribution >= 0.6 is 17.4 Å². The van der Waals surface area contributed by atoms with Gasteiger partial charge >= 0.3 is 109 Å². The zero-order chi connectivity index (χ0) is 13.0. The summed E-state index contributed by atoms with van der Waals surface area (Å²) in [5.74, 6) is 0. The normalized spacial score (nSPS) is 12.9. The first-order chi connectivity index (χ1) is 8.24. The van der Waals surface area contributed by atoms with Crippen molar-refractivity contribution in [1.82, 2.24) is 0 Å². The minimum atomic E-state index is -2.40. The zero-order valence-corrected chi connectivity index (χ0v) is 13.8. The van der Waals surface area contributed by atoms with Crippen molar-refractivity contribution in [2.75, 3.05) is 19.4 Å². The molecule has 0 amide bonds. The first kappa shape index (κ1) is 17.7. The summed E-state index contributed by atoms with van der Waals surface area (Å²) in [5.41, 5.74) is 0. The van der Waals surface area contributed by atoms with E-state index in [0.29, 0.717) is 0 Å². The van der Waals surface area contributed by atoms with E-state index >= 15 is 0 Å². The fraction of sp³-hybridized carbons (Fsp3) is 1.00. The molecule has 0 radical (unpaired) electrons. The molecule has 0 rings (SSSR count). The van der Waals surface area contributed by atoms with Crippen LogP contribution in [0.2, 0.25) is 0 Å². The molecule has 0 aromatic rings. The molecule has 106 valence electrons. The SMILES string of the molecule is CCCCO[PH](CCCC)(OP)OCCCC. The number of hydrogen-bond acceptors (Lipinski definition) is 3. The van der Waals surface area contributed by atoms with Gasteiger partial charge in [-0.25, -0.2) is 0 Å². The maximum atomic E-state index is 5.94. The van der Waals surface area contributed by atoms with Crippen molar-refractivity contribution in [3.05, 3.63) is 0 Å². The van der Waals surface area contributed by atoms with Gasteiger partial charge in [-0.1, -0.05) is 0 Å². The van der Waals surface area contributed by atoms with E-state index in [0.717, 1.165) is 57.9 Å². The molecule has 0 aliphatic rings. The predicted octanol–water partition coefficient (Wildman–Crippen LogP) is 4.72. The van der Waals surface area contributed by atoms with Crippen molar-refractivity contribution in [3.8, 4) is 0 Å². The van der Waals surface area contributed by atoms with E-state index in [9.17, 15) is 0 Å². The monoisotopic (exact) mass is 284 g/mol. The van der Waals surface area contributed by atoms with Crippen molar-refractivity contribution in [2.24, 2.45) is 0 Å². The van der Waals surface area contributed by atoms with Crippen molar-refractivity contribution >= 4 is 17.4 Å². The Morgan fingerprint density at radius 3 is 1.65 bits per heavy atom. The van der Waals surface area contributed by atoms with Crippen molar-refractivity contribution in [1.29, 1.82) is 0 Å². The third-order valence-electron chi connectivity index (χ3n) is 2.66. The van der Waals surface area contributed by atoms with Crippen LogP contribution in [0.25, 0.3) is 0 Å². The van der Waals surface area contributed by atoms with Gasteiger partial charge in [-0.15, -0.1) is 0 Å². The Morgan fingerprint density at radius 2 is 1.29 bits per heavy atom. The van der Waals surface area contributed by atoms with Gasteiger partial charge in [-0.2, -0.15) is 0 Å². The Labute approximate surface area is 110 Å². The maximum absolute atomic E-state index is 5.94. The van der Waals surface area contributed by atoms with Gasteiger partial charge in [0.1, 0.15) is 0 Å². The average molecular weight is 284 g/mol. The molecule has 0 aromatic carbocycles. The van der Waals surface area contributed by atoms with Gasteiger partial charge in [0.15, 0.2) is 0 Å². The van der Waals surface area contributed by atoms with E-state index in [4.69, 9.17) is 13.4 Å². The second-order valence-electron chi connectivity index (χ2n) is 4.31. The van der Waals surface area contributed by atoms with E-state index < -0.39 is 7.94 Å². The summed E-state index contributed by atoms with van der Waals surface area (Å²) >= 11 is 0. The fourth-order valence-corrected chi connectivity index (χ4v) is 4.54. The second-order valence-corrected chi connectivity index (χ2v) is 7.69. The molecule has 5 heteroatoms. The van der Waals surface area contributed by atoms with Crippen LogP contribution in [0, 0.1) is 0 Å². The summed E-state index contributed by atoms with van der Waals surface area (Å²) in [5, 5.41) is 0. The molecule has 0 saturated carbocycles. The van der Waals surface area contributed by atoms with Gasteiger partial charge in [0.2, 0.25) is 0 Å². The van der Waals surface area contributed by atoms with Crippen LogP contribution in [-0.2, 0) is 13.4 Å². The van der Waals surface area contributed by atoms with Crippen LogP contribution < -0.4 is 0 Å². The van der Waals surface area contributed by atoms with Gasteiger partial charge in [0.05, 0.1) is 0 Å². The molecular formula is C12H30O3P2. The topological polar surface area (TPSA) is 27.7 Å². The quantitative estimate of drug-likeness (QED) is 0.383. The van der Waals surface area contributed by atoms with E-state index in [-0.39, 0.29) is 0 Å². The van der Waals surface area contributed by atoms with Crippen molar-refractivity contribution in [2.45, 2.75) is 59.3 Å². The summed E-state index contributed by atoms with van der Waals surface area (Å²) in [6.45, 7) is 8.02. The van der Waals surface area contributed by atoms with Crippen molar-refractivity contribution in [3.63, 3.8) is 0 Å². The van der Waals surface area contributed by atoms with Gasteiger partial charge < -0.3 is 0 Å². The molecule has 0 spiro atoms. The Bertz CT molecular complexity index is 158. The molecular weight excluding hydrogens is 254 g/mol. The Hall–Kier alpha value is 0.740. The van der Waals surface area contributed by atoms with E-state index in [1.54, 1.807) is 0 Å². The molecule has 3 nitrogen and oxygen atoms in total. The molecule has 0 heterocycles. The van der Waals surface area contributed by atoms with Crippen molar-refractivity contribution < 1.29 is 13.4 Å². The van der Waals surface area contributed by atoms with E-state index in [1.165, 1.54) is 0 Å². The van der Waals surface area contributed by atoms with Crippen LogP contribution in [0.5, 0.6) is 0 Å². The van der Waals surface area contributed by atoms with Gasteiger partial charge in [-0.05, 0) is 0 Å². The molecule has 0 bridgehead atoms. The summed E-state index contributed by atoms with van der Waals surface area (Å²) in [6.07, 6.45) is 7.63. The number of hydrogen-bond donors (Lipinski definition) is 0. The Balaban J connectivity index is 4.17. The second kappa shape index (κ2) is 11.8. The van der Waals surface area contributed by atoms with Crippen LogP contribution in [0.1, 0.15) is 59.3 Å².